The Morgan fingerprint density at radius 2 is 1.12 bits per heavy atom. The second-order valence-electron chi connectivity index (χ2n) is 8.28. The zero-order valence-electron chi connectivity index (χ0n) is 18.1. The highest BCUT2D eigenvalue weighted by Crippen LogP contribution is 2.45. The molecule has 2 nitrogen and oxygen atoms in total. The minimum Gasteiger partial charge on any atom is -0.254 e. The average Bonchev–Trinajstić information content (AvgIpc) is 3.32. The highest BCUT2D eigenvalue weighted by Gasteiger charge is 2.43. The molecule has 0 saturated heterocycles. The Labute approximate surface area is 193 Å². The Morgan fingerprint density at radius 1 is 0.545 bits per heavy atom. The van der Waals surface area contributed by atoms with Crippen LogP contribution in [-0.2, 0) is 5.41 Å². The van der Waals surface area contributed by atoms with Crippen molar-refractivity contribution in [2.75, 3.05) is 0 Å². The Balaban J connectivity index is 1.71. The van der Waals surface area contributed by atoms with Gasteiger partial charge in [0.1, 0.15) is 0 Å². The van der Waals surface area contributed by atoms with E-state index in [-0.39, 0.29) is 0 Å². The van der Waals surface area contributed by atoms with Gasteiger partial charge in [-0.2, -0.15) is 0 Å². The van der Waals surface area contributed by atoms with E-state index in [1.54, 1.807) is 0 Å². The highest BCUT2D eigenvalue weighted by molar-refractivity contribution is 6.21. The maximum Gasteiger partial charge on any atom is 0.0939 e. The van der Waals surface area contributed by atoms with Gasteiger partial charge in [-0.15, -0.1) is 0 Å². The molecule has 0 aliphatic carbocycles. The van der Waals surface area contributed by atoms with Gasteiger partial charge < -0.3 is 0 Å². The number of aromatic nitrogens is 1. The molecule has 1 aliphatic heterocycles. The van der Waals surface area contributed by atoms with Gasteiger partial charge in [-0.25, -0.2) is 4.99 Å². The molecule has 1 aromatic heterocycles. The van der Waals surface area contributed by atoms with Crippen molar-refractivity contribution in [3.63, 3.8) is 0 Å². The van der Waals surface area contributed by atoms with Crippen LogP contribution >= 0.6 is 0 Å². The number of hydrogen-bond acceptors (Lipinski definition) is 2. The molecule has 33 heavy (non-hydrogen) atoms. The molecule has 0 spiro atoms. The van der Waals surface area contributed by atoms with E-state index in [4.69, 9.17) is 9.98 Å². The van der Waals surface area contributed by atoms with Crippen molar-refractivity contribution in [2.24, 2.45) is 4.99 Å². The molecule has 0 unspecified atom stereocenters. The molecule has 5 aromatic rings. The lowest BCUT2D eigenvalue weighted by atomic mass is 9.70. The van der Waals surface area contributed by atoms with Crippen molar-refractivity contribution < 1.29 is 0 Å². The van der Waals surface area contributed by atoms with E-state index in [0.717, 1.165) is 33.4 Å². The number of hydrogen-bond donors (Lipinski definition) is 0. The largest absolute Gasteiger partial charge is 0.254 e. The number of pyridine rings is 1. The first-order valence-corrected chi connectivity index (χ1v) is 11.2. The van der Waals surface area contributed by atoms with Crippen LogP contribution in [0.3, 0.4) is 0 Å². The third kappa shape index (κ3) is 3.19. The fourth-order valence-electron chi connectivity index (χ4n) is 4.83. The molecule has 0 radical (unpaired) electrons. The smallest absolute Gasteiger partial charge is 0.0939 e. The van der Waals surface area contributed by atoms with E-state index in [0.29, 0.717) is 0 Å². The van der Waals surface area contributed by atoms with Crippen molar-refractivity contribution in [3.8, 4) is 0 Å². The second-order valence-corrected chi connectivity index (χ2v) is 8.28. The van der Waals surface area contributed by atoms with Crippen LogP contribution in [0.2, 0.25) is 0 Å². The molecule has 2 heterocycles. The molecule has 0 bridgehead atoms. The number of nitrogens with zero attached hydrogens (tertiary/aromatic N) is 2. The third-order valence-electron chi connectivity index (χ3n) is 6.38. The first kappa shape index (κ1) is 19.4. The zero-order chi connectivity index (χ0) is 22.1. The molecule has 0 N–H and O–H groups in total. The SMILES string of the molecule is C1=C(c2ccccc2)N=C(c2nccc3ccccc23)C1(c1ccccc1)c1ccccc1. The predicted octanol–water partition coefficient (Wildman–Crippen LogP) is 7.06. The maximum absolute atomic E-state index is 5.30. The second kappa shape index (κ2) is 7.99. The van der Waals surface area contributed by atoms with Gasteiger partial charge in [0, 0.05) is 11.6 Å². The Hall–Kier alpha value is -4.30. The van der Waals surface area contributed by atoms with Crippen molar-refractivity contribution >= 4 is 22.2 Å². The zero-order valence-corrected chi connectivity index (χ0v) is 18.1. The number of aliphatic imine (C=N–C) groups is 1. The van der Waals surface area contributed by atoms with Crippen LogP contribution in [0.15, 0.2) is 139 Å². The average molecular weight is 423 g/mol. The Bertz CT molecular complexity index is 1440. The summed E-state index contributed by atoms with van der Waals surface area (Å²) in [5, 5.41) is 2.27. The van der Waals surface area contributed by atoms with Gasteiger partial charge >= 0.3 is 0 Å². The van der Waals surface area contributed by atoms with Gasteiger partial charge in [0.05, 0.1) is 22.5 Å². The van der Waals surface area contributed by atoms with Crippen LogP contribution in [0.4, 0.5) is 0 Å². The molecule has 156 valence electrons. The van der Waals surface area contributed by atoms with E-state index in [1.807, 2.05) is 12.3 Å². The maximum atomic E-state index is 5.30. The van der Waals surface area contributed by atoms with Gasteiger partial charge in [0.15, 0.2) is 0 Å². The normalized spacial score (nSPS) is 14.7. The van der Waals surface area contributed by atoms with Gasteiger partial charge in [0.2, 0.25) is 0 Å². The minimum absolute atomic E-state index is 0.551. The van der Waals surface area contributed by atoms with Crippen LogP contribution in [0.5, 0.6) is 0 Å². The molecule has 0 amide bonds. The summed E-state index contributed by atoms with van der Waals surface area (Å²) in [5.74, 6) is 0. The number of rotatable bonds is 4. The summed E-state index contributed by atoms with van der Waals surface area (Å²) in [6.07, 6.45) is 4.20. The summed E-state index contributed by atoms with van der Waals surface area (Å²) >= 11 is 0. The molecule has 6 rings (SSSR count). The fourth-order valence-corrected chi connectivity index (χ4v) is 4.83. The van der Waals surface area contributed by atoms with E-state index in [1.165, 1.54) is 11.1 Å². The summed E-state index contributed by atoms with van der Waals surface area (Å²) in [4.78, 5) is 10.2. The Morgan fingerprint density at radius 3 is 1.79 bits per heavy atom. The van der Waals surface area contributed by atoms with Crippen LogP contribution < -0.4 is 0 Å². The summed E-state index contributed by atoms with van der Waals surface area (Å²) in [6, 6.07) is 42.2. The first-order chi connectivity index (χ1) is 16.4. The molecule has 0 atom stereocenters. The first-order valence-electron chi connectivity index (χ1n) is 11.2. The minimum atomic E-state index is -0.551. The number of fused-ring (bicyclic) bond motifs is 1. The topological polar surface area (TPSA) is 25.2 Å². The summed E-state index contributed by atoms with van der Waals surface area (Å²) in [5.41, 5.74) is 5.74. The molecule has 1 aliphatic rings. The van der Waals surface area contributed by atoms with Crippen LogP contribution in [-0.4, -0.2) is 10.7 Å². The molecule has 0 saturated carbocycles. The lowest BCUT2D eigenvalue weighted by Crippen LogP contribution is -2.34. The summed E-state index contributed by atoms with van der Waals surface area (Å²) in [7, 11) is 0. The van der Waals surface area contributed by atoms with Gasteiger partial charge in [-0.3, -0.25) is 4.98 Å². The van der Waals surface area contributed by atoms with Crippen molar-refractivity contribution in [3.05, 3.63) is 156 Å². The number of allylic oxidation sites excluding steroid dienone is 1. The fraction of sp³-hybridized carbons (Fsp3) is 0.0323. The third-order valence-corrected chi connectivity index (χ3v) is 6.38. The molecular weight excluding hydrogens is 400 g/mol. The summed E-state index contributed by atoms with van der Waals surface area (Å²) < 4.78 is 0. The van der Waals surface area contributed by atoms with Crippen molar-refractivity contribution in [2.45, 2.75) is 5.41 Å². The number of benzene rings is 4. The monoisotopic (exact) mass is 422 g/mol. The van der Waals surface area contributed by atoms with Crippen LogP contribution in [0.1, 0.15) is 22.4 Å². The molecule has 4 aromatic carbocycles. The van der Waals surface area contributed by atoms with E-state index in [2.05, 4.69) is 121 Å². The molecule has 2 heteroatoms. The van der Waals surface area contributed by atoms with E-state index < -0.39 is 5.41 Å². The van der Waals surface area contributed by atoms with Gasteiger partial charge in [-0.05, 0) is 34.2 Å². The lowest BCUT2D eigenvalue weighted by molar-refractivity contribution is 0.881. The van der Waals surface area contributed by atoms with Crippen molar-refractivity contribution in [1.82, 2.24) is 4.98 Å². The molecule has 0 fully saturated rings. The van der Waals surface area contributed by atoms with Crippen molar-refractivity contribution in [1.29, 1.82) is 0 Å². The highest BCUT2D eigenvalue weighted by atomic mass is 14.9. The standard InChI is InChI=1S/C31H22N2/c1-4-13-24(14-5-1)28-22-31(25-15-6-2-7-16-25,26-17-8-3-9-18-26)30(33-28)29-27-19-11-10-12-23(27)20-21-32-29/h1-22H. The van der Waals surface area contributed by atoms with E-state index >= 15 is 0 Å². The van der Waals surface area contributed by atoms with Gasteiger partial charge in [-0.1, -0.05) is 115 Å². The van der Waals surface area contributed by atoms with Crippen LogP contribution in [0, 0.1) is 0 Å². The molecular formula is C31H22N2. The van der Waals surface area contributed by atoms with Crippen LogP contribution in [0.25, 0.3) is 16.5 Å². The summed E-state index contributed by atoms with van der Waals surface area (Å²) in [6.45, 7) is 0. The van der Waals surface area contributed by atoms with E-state index in [9.17, 15) is 0 Å². The lowest BCUT2D eigenvalue weighted by Gasteiger charge is -2.31. The predicted molar refractivity (Wildman–Crippen MR) is 136 cm³/mol. The van der Waals surface area contributed by atoms with Gasteiger partial charge in [0.25, 0.3) is 0 Å². The quantitative estimate of drug-likeness (QED) is 0.304. The Kier molecular flexibility index (Phi) is 4.70.